The first-order chi connectivity index (χ1) is 9.66. The van der Waals surface area contributed by atoms with E-state index in [1.54, 1.807) is 0 Å². The fourth-order valence-electron chi connectivity index (χ4n) is 3.02. The normalized spacial score (nSPS) is 12.6. The van der Waals surface area contributed by atoms with Crippen molar-refractivity contribution in [3.8, 4) is 0 Å². The minimum absolute atomic E-state index is 0. The van der Waals surface area contributed by atoms with Crippen LogP contribution < -0.4 is 5.73 Å². The molecule has 0 unspecified atom stereocenters. The highest BCUT2D eigenvalue weighted by molar-refractivity contribution is 6.09. The number of hydrogen-bond donors (Lipinski definition) is 1. The molecule has 0 aromatic heterocycles. The molecule has 2 N–H and O–H groups in total. The lowest BCUT2D eigenvalue weighted by Gasteiger charge is -2.18. The van der Waals surface area contributed by atoms with Gasteiger partial charge in [0.05, 0.1) is 0 Å². The standard InChI is InChI=1S/C19H21N.ClH/c1-13(2)11-19(20)18-12-14-7-3-4-8-15(14)16-9-5-6-10-17(16)18;/h3-10,12-13,19H,11,20H2,1-2H3;1H/t19-;/m0./s1. The van der Waals surface area contributed by atoms with Gasteiger partial charge in [0.25, 0.3) is 0 Å². The summed E-state index contributed by atoms with van der Waals surface area (Å²) in [5.41, 5.74) is 7.72. The summed E-state index contributed by atoms with van der Waals surface area (Å²) in [6, 6.07) is 19.5. The van der Waals surface area contributed by atoms with Crippen LogP contribution in [0.2, 0.25) is 0 Å². The fraction of sp³-hybridized carbons (Fsp3) is 0.263. The molecule has 0 amide bonds. The van der Waals surface area contributed by atoms with E-state index in [-0.39, 0.29) is 18.4 Å². The predicted octanol–water partition coefficient (Wildman–Crippen LogP) is 5.46. The van der Waals surface area contributed by atoms with E-state index in [1.165, 1.54) is 27.1 Å². The van der Waals surface area contributed by atoms with Gasteiger partial charge in [-0.1, -0.05) is 62.4 Å². The first kappa shape index (κ1) is 15.8. The van der Waals surface area contributed by atoms with Crippen LogP contribution in [0, 0.1) is 5.92 Å². The van der Waals surface area contributed by atoms with Gasteiger partial charge in [0.1, 0.15) is 0 Å². The van der Waals surface area contributed by atoms with Gasteiger partial charge < -0.3 is 5.73 Å². The lowest BCUT2D eigenvalue weighted by molar-refractivity contribution is 0.512. The van der Waals surface area contributed by atoms with Crippen LogP contribution in [-0.2, 0) is 0 Å². The van der Waals surface area contributed by atoms with Crippen LogP contribution >= 0.6 is 12.4 Å². The van der Waals surface area contributed by atoms with Crippen molar-refractivity contribution in [1.29, 1.82) is 0 Å². The number of nitrogens with two attached hydrogens (primary N) is 1. The first-order valence-corrected chi connectivity index (χ1v) is 7.33. The van der Waals surface area contributed by atoms with Gasteiger partial charge in [0.2, 0.25) is 0 Å². The Morgan fingerprint density at radius 2 is 1.43 bits per heavy atom. The van der Waals surface area contributed by atoms with E-state index in [0.717, 1.165) is 6.42 Å². The summed E-state index contributed by atoms with van der Waals surface area (Å²) >= 11 is 0. The molecule has 0 spiro atoms. The highest BCUT2D eigenvalue weighted by atomic mass is 35.5. The smallest absolute Gasteiger partial charge is 0.0303 e. The second kappa shape index (κ2) is 6.46. The van der Waals surface area contributed by atoms with E-state index in [2.05, 4.69) is 68.4 Å². The highest BCUT2D eigenvalue weighted by Crippen LogP contribution is 2.33. The molecular formula is C19H22ClN. The molecule has 110 valence electrons. The van der Waals surface area contributed by atoms with Crippen LogP contribution in [0.1, 0.15) is 31.9 Å². The average Bonchev–Trinajstić information content (AvgIpc) is 2.45. The lowest BCUT2D eigenvalue weighted by atomic mass is 9.90. The van der Waals surface area contributed by atoms with Crippen LogP contribution in [-0.4, -0.2) is 0 Å². The zero-order valence-electron chi connectivity index (χ0n) is 12.5. The molecule has 0 fully saturated rings. The van der Waals surface area contributed by atoms with Crippen LogP contribution in [0.3, 0.4) is 0 Å². The second-order valence-electron chi connectivity index (χ2n) is 5.97. The highest BCUT2D eigenvalue weighted by Gasteiger charge is 2.13. The van der Waals surface area contributed by atoms with E-state index in [9.17, 15) is 0 Å². The molecule has 0 bridgehead atoms. The third-order valence-corrected chi connectivity index (χ3v) is 3.92. The molecule has 3 aromatic rings. The van der Waals surface area contributed by atoms with Crippen LogP contribution in [0.15, 0.2) is 54.6 Å². The Kier molecular flexibility index (Phi) is 4.87. The van der Waals surface area contributed by atoms with Crippen LogP contribution in [0.4, 0.5) is 0 Å². The SMILES string of the molecule is CC(C)C[C@H](N)c1cc2ccccc2c2ccccc12.Cl. The summed E-state index contributed by atoms with van der Waals surface area (Å²) in [7, 11) is 0. The van der Waals surface area contributed by atoms with Crippen molar-refractivity contribution in [2.45, 2.75) is 26.3 Å². The van der Waals surface area contributed by atoms with Gasteiger partial charge in [-0.15, -0.1) is 12.4 Å². The quantitative estimate of drug-likeness (QED) is 0.638. The molecule has 0 radical (unpaired) electrons. The maximum absolute atomic E-state index is 6.45. The van der Waals surface area contributed by atoms with Gasteiger partial charge in [-0.25, -0.2) is 0 Å². The zero-order chi connectivity index (χ0) is 14.1. The molecule has 0 aliphatic rings. The third-order valence-electron chi connectivity index (χ3n) is 3.92. The second-order valence-corrected chi connectivity index (χ2v) is 5.97. The van der Waals surface area contributed by atoms with Crippen molar-refractivity contribution in [3.05, 3.63) is 60.2 Å². The van der Waals surface area contributed by atoms with E-state index in [1.807, 2.05) is 0 Å². The zero-order valence-corrected chi connectivity index (χ0v) is 13.4. The number of halogens is 1. The monoisotopic (exact) mass is 299 g/mol. The van der Waals surface area contributed by atoms with Crippen molar-refractivity contribution in [2.75, 3.05) is 0 Å². The number of benzene rings is 3. The topological polar surface area (TPSA) is 26.0 Å². The Labute approximate surface area is 132 Å². The maximum atomic E-state index is 6.45. The Balaban J connectivity index is 0.00000161. The van der Waals surface area contributed by atoms with E-state index < -0.39 is 0 Å². The summed E-state index contributed by atoms with van der Waals surface area (Å²) in [5.74, 6) is 0.607. The summed E-state index contributed by atoms with van der Waals surface area (Å²) in [4.78, 5) is 0. The average molecular weight is 300 g/mol. The molecule has 1 atom stereocenters. The van der Waals surface area contributed by atoms with Gasteiger partial charge in [0.15, 0.2) is 0 Å². The minimum Gasteiger partial charge on any atom is -0.324 e. The largest absolute Gasteiger partial charge is 0.324 e. The van der Waals surface area contributed by atoms with Gasteiger partial charge in [-0.2, -0.15) is 0 Å². The van der Waals surface area contributed by atoms with E-state index in [4.69, 9.17) is 5.73 Å². The summed E-state index contributed by atoms with van der Waals surface area (Å²) in [5, 5.41) is 5.18. The molecule has 0 saturated heterocycles. The number of hydrogen-bond acceptors (Lipinski definition) is 1. The maximum Gasteiger partial charge on any atom is 0.0303 e. The Bertz CT molecular complexity index is 749. The van der Waals surface area contributed by atoms with E-state index >= 15 is 0 Å². The number of fused-ring (bicyclic) bond motifs is 3. The predicted molar refractivity (Wildman–Crippen MR) is 95.1 cm³/mol. The van der Waals surface area contributed by atoms with E-state index in [0.29, 0.717) is 5.92 Å². The molecule has 2 heteroatoms. The van der Waals surface area contributed by atoms with Crippen molar-refractivity contribution in [1.82, 2.24) is 0 Å². The van der Waals surface area contributed by atoms with Gasteiger partial charge in [0, 0.05) is 6.04 Å². The van der Waals surface area contributed by atoms with Crippen molar-refractivity contribution < 1.29 is 0 Å². The lowest BCUT2D eigenvalue weighted by Crippen LogP contribution is -2.13. The molecular weight excluding hydrogens is 278 g/mol. The van der Waals surface area contributed by atoms with Crippen molar-refractivity contribution >= 4 is 34.0 Å². The molecule has 3 aromatic carbocycles. The summed E-state index contributed by atoms with van der Waals surface area (Å²) in [6.07, 6.45) is 1.02. The fourth-order valence-corrected chi connectivity index (χ4v) is 3.02. The Hall–Kier alpha value is -1.57. The third kappa shape index (κ3) is 3.04. The van der Waals surface area contributed by atoms with Crippen molar-refractivity contribution in [3.63, 3.8) is 0 Å². The van der Waals surface area contributed by atoms with Crippen LogP contribution in [0.25, 0.3) is 21.5 Å². The van der Waals surface area contributed by atoms with Gasteiger partial charge in [-0.05, 0) is 45.5 Å². The molecule has 0 heterocycles. The van der Waals surface area contributed by atoms with Gasteiger partial charge >= 0.3 is 0 Å². The van der Waals surface area contributed by atoms with Gasteiger partial charge in [-0.3, -0.25) is 0 Å². The molecule has 1 nitrogen and oxygen atoms in total. The molecule has 0 saturated carbocycles. The first-order valence-electron chi connectivity index (χ1n) is 7.33. The van der Waals surface area contributed by atoms with Crippen LogP contribution in [0.5, 0.6) is 0 Å². The molecule has 0 aliphatic heterocycles. The summed E-state index contributed by atoms with van der Waals surface area (Å²) in [6.45, 7) is 4.45. The summed E-state index contributed by atoms with van der Waals surface area (Å²) < 4.78 is 0. The van der Waals surface area contributed by atoms with Crippen molar-refractivity contribution in [2.24, 2.45) is 11.7 Å². The molecule has 21 heavy (non-hydrogen) atoms. The minimum atomic E-state index is 0. The Morgan fingerprint density at radius 3 is 2.10 bits per heavy atom. The molecule has 0 aliphatic carbocycles. The Morgan fingerprint density at radius 1 is 0.857 bits per heavy atom. The number of rotatable bonds is 3. The molecule has 3 rings (SSSR count).